The van der Waals surface area contributed by atoms with E-state index in [9.17, 15) is 4.79 Å². The summed E-state index contributed by atoms with van der Waals surface area (Å²) in [6, 6.07) is 22.9. The van der Waals surface area contributed by atoms with Crippen LogP contribution in [0.5, 0.6) is 5.75 Å². The number of furan rings is 1. The third-order valence-electron chi connectivity index (χ3n) is 4.22. The summed E-state index contributed by atoms with van der Waals surface area (Å²) in [6.07, 6.45) is 1.57. The highest BCUT2D eigenvalue weighted by Crippen LogP contribution is 2.18. The van der Waals surface area contributed by atoms with Crippen LogP contribution in [0.15, 0.2) is 83.5 Å². The van der Waals surface area contributed by atoms with Gasteiger partial charge in [-0.15, -0.1) is 0 Å². The molecule has 0 fully saturated rings. The Balaban J connectivity index is 1.29. The van der Waals surface area contributed by atoms with Gasteiger partial charge in [-0.05, 0) is 35.4 Å². The van der Waals surface area contributed by atoms with Gasteiger partial charge in [0.25, 0.3) is 5.91 Å². The van der Waals surface area contributed by atoms with Crippen LogP contribution in [0.2, 0.25) is 0 Å². The second-order valence-corrected chi connectivity index (χ2v) is 6.25. The van der Waals surface area contributed by atoms with E-state index in [4.69, 9.17) is 9.15 Å². The fourth-order valence-corrected chi connectivity index (χ4v) is 2.71. The van der Waals surface area contributed by atoms with E-state index in [1.807, 2.05) is 54.6 Å². The first kappa shape index (κ1) is 17.6. The zero-order valence-electron chi connectivity index (χ0n) is 15.1. The van der Waals surface area contributed by atoms with Crippen LogP contribution in [0, 0.1) is 0 Å². The Labute approximate surface area is 162 Å². The number of benzene rings is 2. The number of nitrogens with zero attached hydrogens (tertiary/aromatic N) is 1. The van der Waals surface area contributed by atoms with Crippen LogP contribution in [0.4, 0.5) is 0 Å². The van der Waals surface area contributed by atoms with Crippen LogP contribution in [-0.2, 0) is 13.2 Å². The van der Waals surface area contributed by atoms with Crippen molar-refractivity contribution in [2.24, 2.45) is 0 Å². The highest BCUT2D eigenvalue weighted by molar-refractivity contribution is 5.93. The van der Waals surface area contributed by atoms with E-state index in [0.717, 1.165) is 16.9 Å². The molecular formula is C22H19N3O3. The van der Waals surface area contributed by atoms with E-state index in [2.05, 4.69) is 15.5 Å². The Morgan fingerprint density at radius 3 is 2.57 bits per heavy atom. The Bertz CT molecular complexity index is 1020. The minimum absolute atomic E-state index is 0.251. The molecular weight excluding hydrogens is 354 g/mol. The summed E-state index contributed by atoms with van der Waals surface area (Å²) in [5, 5.41) is 9.69. The summed E-state index contributed by atoms with van der Waals surface area (Å²) in [4.78, 5) is 12.3. The molecule has 0 saturated heterocycles. The van der Waals surface area contributed by atoms with Crippen LogP contribution in [0.1, 0.15) is 21.6 Å². The molecule has 28 heavy (non-hydrogen) atoms. The van der Waals surface area contributed by atoms with Crippen molar-refractivity contribution in [3.05, 3.63) is 95.9 Å². The van der Waals surface area contributed by atoms with Gasteiger partial charge in [-0.25, -0.2) is 0 Å². The molecule has 0 radical (unpaired) electrons. The number of aromatic amines is 1. The van der Waals surface area contributed by atoms with E-state index in [-0.39, 0.29) is 5.91 Å². The predicted octanol–water partition coefficient (Wildman–Crippen LogP) is 4.18. The molecule has 0 atom stereocenters. The number of carbonyl (C=O) groups is 1. The second kappa shape index (κ2) is 8.26. The lowest BCUT2D eigenvalue weighted by Gasteiger charge is -2.08. The predicted molar refractivity (Wildman–Crippen MR) is 105 cm³/mol. The maximum atomic E-state index is 12.3. The van der Waals surface area contributed by atoms with Crippen LogP contribution in [0.25, 0.3) is 11.5 Å². The summed E-state index contributed by atoms with van der Waals surface area (Å²) in [7, 11) is 0. The van der Waals surface area contributed by atoms with E-state index in [0.29, 0.717) is 30.3 Å². The maximum absolute atomic E-state index is 12.3. The van der Waals surface area contributed by atoms with Gasteiger partial charge < -0.3 is 14.5 Å². The summed E-state index contributed by atoms with van der Waals surface area (Å²) in [5.41, 5.74) is 3.07. The number of aromatic nitrogens is 2. The molecule has 140 valence electrons. The van der Waals surface area contributed by atoms with Crippen molar-refractivity contribution >= 4 is 5.91 Å². The fourth-order valence-electron chi connectivity index (χ4n) is 2.71. The molecule has 4 aromatic rings. The molecule has 0 saturated carbocycles. The van der Waals surface area contributed by atoms with Crippen molar-refractivity contribution in [2.75, 3.05) is 0 Å². The normalized spacial score (nSPS) is 10.6. The van der Waals surface area contributed by atoms with Crippen LogP contribution in [0.3, 0.4) is 0 Å². The first-order valence-corrected chi connectivity index (χ1v) is 8.91. The molecule has 6 nitrogen and oxygen atoms in total. The Kier molecular flexibility index (Phi) is 5.20. The van der Waals surface area contributed by atoms with E-state index < -0.39 is 0 Å². The molecule has 4 rings (SSSR count). The summed E-state index contributed by atoms with van der Waals surface area (Å²) in [5.74, 6) is 1.17. The minimum atomic E-state index is -0.251. The standard InChI is InChI=1S/C22H19N3O3/c26-22(20-13-19(24-25-20)21-7-4-12-27-21)23-14-16-8-10-18(11-9-16)28-15-17-5-2-1-3-6-17/h1-13H,14-15H2,(H,23,26)(H,24,25). The molecule has 0 unspecified atom stereocenters. The molecule has 2 aromatic carbocycles. The van der Waals surface area contributed by atoms with E-state index in [1.165, 1.54) is 0 Å². The van der Waals surface area contributed by atoms with Gasteiger partial charge in [-0.2, -0.15) is 5.10 Å². The molecule has 0 aliphatic heterocycles. The van der Waals surface area contributed by atoms with Gasteiger partial charge in [0, 0.05) is 12.6 Å². The lowest BCUT2D eigenvalue weighted by molar-refractivity contribution is 0.0946. The van der Waals surface area contributed by atoms with Crippen molar-refractivity contribution in [3.8, 4) is 17.2 Å². The molecule has 6 heteroatoms. The van der Waals surface area contributed by atoms with Crippen molar-refractivity contribution in [1.82, 2.24) is 15.5 Å². The Hall–Kier alpha value is -3.80. The number of nitrogens with one attached hydrogen (secondary N) is 2. The van der Waals surface area contributed by atoms with Gasteiger partial charge in [-0.3, -0.25) is 9.89 Å². The van der Waals surface area contributed by atoms with Gasteiger partial charge in [0.2, 0.25) is 0 Å². The molecule has 0 spiro atoms. The Morgan fingerprint density at radius 1 is 1.00 bits per heavy atom. The number of ether oxygens (including phenoxy) is 1. The topological polar surface area (TPSA) is 80.1 Å². The molecule has 2 heterocycles. The van der Waals surface area contributed by atoms with Gasteiger partial charge in [0.05, 0.1) is 6.26 Å². The summed E-state index contributed by atoms with van der Waals surface area (Å²) >= 11 is 0. The van der Waals surface area contributed by atoms with Crippen molar-refractivity contribution in [1.29, 1.82) is 0 Å². The molecule has 0 aliphatic carbocycles. The highest BCUT2D eigenvalue weighted by Gasteiger charge is 2.12. The zero-order valence-corrected chi connectivity index (χ0v) is 15.1. The van der Waals surface area contributed by atoms with Crippen molar-refractivity contribution < 1.29 is 13.9 Å². The summed E-state index contributed by atoms with van der Waals surface area (Å²) in [6.45, 7) is 0.925. The molecule has 2 aromatic heterocycles. The first-order valence-electron chi connectivity index (χ1n) is 8.91. The first-order chi connectivity index (χ1) is 13.8. The smallest absolute Gasteiger partial charge is 0.272 e. The maximum Gasteiger partial charge on any atom is 0.272 e. The largest absolute Gasteiger partial charge is 0.489 e. The SMILES string of the molecule is O=C(NCc1ccc(OCc2ccccc2)cc1)c1cc(-c2ccco2)[nH]n1. The monoisotopic (exact) mass is 373 g/mol. The van der Waals surface area contributed by atoms with Crippen molar-refractivity contribution in [3.63, 3.8) is 0 Å². The third-order valence-corrected chi connectivity index (χ3v) is 4.22. The average Bonchev–Trinajstić information content (AvgIpc) is 3.44. The van der Waals surface area contributed by atoms with Gasteiger partial charge in [0.1, 0.15) is 18.1 Å². The highest BCUT2D eigenvalue weighted by atomic mass is 16.5. The van der Waals surface area contributed by atoms with E-state index >= 15 is 0 Å². The number of hydrogen-bond donors (Lipinski definition) is 2. The quantitative estimate of drug-likeness (QED) is 0.509. The average molecular weight is 373 g/mol. The number of amides is 1. The number of hydrogen-bond acceptors (Lipinski definition) is 4. The van der Waals surface area contributed by atoms with Crippen LogP contribution >= 0.6 is 0 Å². The van der Waals surface area contributed by atoms with Gasteiger partial charge >= 0.3 is 0 Å². The van der Waals surface area contributed by atoms with Gasteiger partial charge in [0.15, 0.2) is 11.5 Å². The molecule has 0 aliphatic rings. The lowest BCUT2D eigenvalue weighted by atomic mass is 10.2. The van der Waals surface area contributed by atoms with E-state index in [1.54, 1.807) is 24.5 Å². The minimum Gasteiger partial charge on any atom is -0.489 e. The van der Waals surface area contributed by atoms with Gasteiger partial charge in [-0.1, -0.05) is 42.5 Å². The van der Waals surface area contributed by atoms with Crippen molar-refractivity contribution in [2.45, 2.75) is 13.2 Å². The lowest BCUT2D eigenvalue weighted by Crippen LogP contribution is -2.23. The number of rotatable bonds is 7. The second-order valence-electron chi connectivity index (χ2n) is 6.25. The zero-order chi connectivity index (χ0) is 19.2. The third kappa shape index (κ3) is 4.29. The van der Waals surface area contributed by atoms with Crippen LogP contribution in [-0.4, -0.2) is 16.1 Å². The molecule has 2 N–H and O–H groups in total. The Morgan fingerprint density at radius 2 is 1.82 bits per heavy atom. The number of H-pyrrole nitrogens is 1. The van der Waals surface area contributed by atoms with Crippen LogP contribution < -0.4 is 10.1 Å². The molecule has 0 bridgehead atoms. The number of carbonyl (C=O) groups excluding carboxylic acids is 1. The fraction of sp³-hybridized carbons (Fsp3) is 0.0909. The summed E-state index contributed by atoms with van der Waals surface area (Å²) < 4.78 is 11.1. The molecule has 1 amide bonds.